The van der Waals surface area contributed by atoms with Crippen molar-refractivity contribution in [2.24, 2.45) is 0 Å². The smallest absolute Gasteiger partial charge is 0.256 e. The number of amides is 1. The molecule has 20 heavy (non-hydrogen) atoms. The Morgan fingerprint density at radius 3 is 2.45 bits per heavy atom. The highest BCUT2D eigenvalue weighted by molar-refractivity contribution is 9.10. The Bertz CT molecular complexity index is 694. The topological polar surface area (TPSA) is 29.1 Å². The highest BCUT2D eigenvalue weighted by Crippen LogP contribution is 2.26. The van der Waals surface area contributed by atoms with Crippen molar-refractivity contribution in [1.82, 2.24) is 0 Å². The van der Waals surface area contributed by atoms with Crippen molar-refractivity contribution in [3.05, 3.63) is 61.5 Å². The number of rotatable bonds is 2. The molecule has 0 spiro atoms. The minimum Gasteiger partial charge on any atom is -0.319 e. The van der Waals surface area contributed by atoms with Crippen LogP contribution in [-0.2, 0) is 0 Å². The lowest BCUT2D eigenvalue weighted by atomic mass is 10.2. The molecule has 0 radical (unpaired) electrons. The van der Waals surface area contributed by atoms with Crippen LogP contribution in [0, 0.1) is 11.6 Å². The van der Waals surface area contributed by atoms with E-state index in [1.54, 1.807) is 12.1 Å². The fourth-order valence-electron chi connectivity index (χ4n) is 1.48. The van der Waals surface area contributed by atoms with Crippen LogP contribution >= 0.6 is 43.5 Å². The van der Waals surface area contributed by atoms with Gasteiger partial charge in [0.05, 0.1) is 15.7 Å². The van der Waals surface area contributed by atoms with Crippen LogP contribution < -0.4 is 5.32 Å². The number of carbonyl (C=O) groups is 1. The van der Waals surface area contributed by atoms with Crippen LogP contribution in [0.15, 0.2) is 39.3 Å². The third kappa shape index (κ3) is 3.37. The number of hydrogen-bond acceptors (Lipinski definition) is 1. The minimum atomic E-state index is -0.864. The highest BCUT2D eigenvalue weighted by Gasteiger charge is 2.15. The van der Waals surface area contributed by atoms with Crippen LogP contribution in [0.4, 0.5) is 14.5 Å². The normalized spacial score (nSPS) is 10.4. The summed E-state index contributed by atoms with van der Waals surface area (Å²) in [6.07, 6.45) is 0. The second kappa shape index (κ2) is 6.20. The van der Waals surface area contributed by atoms with Crippen LogP contribution in [-0.4, -0.2) is 5.91 Å². The van der Waals surface area contributed by atoms with E-state index >= 15 is 0 Å². The van der Waals surface area contributed by atoms with Gasteiger partial charge in [-0.2, -0.15) is 0 Å². The Labute approximate surface area is 135 Å². The predicted molar refractivity (Wildman–Crippen MR) is 81.2 cm³/mol. The van der Waals surface area contributed by atoms with Crippen LogP contribution in [0.1, 0.15) is 10.4 Å². The Kier molecular flexibility index (Phi) is 4.78. The zero-order valence-electron chi connectivity index (χ0n) is 9.68. The lowest BCUT2D eigenvalue weighted by Gasteiger charge is -2.09. The van der Waals surface area contributed by atoms with Crippen LogP contribution in [0.25, 0.3) is 0 Å². The minimum absolute atomic E-state index is 0.0550. The first-order chi connectivity index (χ1) is 9.38. The third-order valence-corrected chi connectivity index (χ3v) is 3.97. The Morgan fingerprint density at radius 2 is 1.75 bits per heavy atom. The van der Waals surface area contributed by atoms with Gasteiger partial charge < -0.3 is 5.32 Å². The molecule has 0 aliphatic carbocycles. The molecule has 2 aromatic rings. The summed E-state index contributed by atoms with van der Waals surface area (Å²) in [6, 6.07) is 6.50. The molecule has 0 atom stereocenters. The lowest BCUT2D eigenvalue weighted by Crippen LogP contribution is -2.14. The molecule has 1 amide bonds. The van der Waals surface area contributed by atoms with Gasteiger partial charge in [-0.25, -0.2) is 8.78 Å². The quantitative estimate of drug-likeness (QED) is 0.642. The highest BCUT2D eigenvalue weighted by atomic mass is 79.9. The molecule has 2 nitrogen and oxygen atoms in total. The summed E-state index contributed by atoms with van der Waals surface area (Å²) in [5.41, 5.74) is 0.118. The molecule has 0 fully saturated rings. The maximum atomic E-state index is 13.6. The van der Waals surface area contributed by atoms with E-state index in [1.807, 2.05) is 0 Å². The van der Waals surface area contributed by atoms with Crippen molar-refractivity contribution in [2.75, 3.05) is 5.32 Å². The Hall–Kier alpha value is -0.980. The molecule has 0 bridgehead atoms. The van der Waals surface area contributed by atoms with Crippen LogP contribution in [0.5, 0.6) is 0 Å². The summed E-state index contributed by atoms with van der Waals surface area (Å²) >= 11 is 11.9. The molecule has 0 aromatic heterocycles. The van der Waals surface area contributed by atoms with E-state index in [1.165, 1.54) is 6.07 Å². The van der Waals surface area contributed by atoms with E-state index in [0.29, 0.717) is 15.6 Å². The maximum absolute atomic E-state index is 13.6. The van der Waals surface area contributed by atoms with E-state index in [0.717, 1.165) is 6.07 Å². The van der Waals surface area contributed by atoms with Gasteiger partial charge in [0, 0.05) is 15.6 Å². The van der Waals surface area contributed by atoms with Crippen LogP contribution in [0.3, 0.4) is 0 Å². The SMILES string of the molecule is O=C(Nc1cc(Br)c(F)cc1F)c1cc(Cl)ccc1Br. The fourth-order valence-corrected chi connectivity index (χ4v) is 2.42. The standard InChI is InChI=1S/C13H6Br2ClF2NO/c14-8-2-1-6(16)3-7(8)13(20)19-12-4-9(15)10(17)5-11(12)18/h1-5H,(H,19,20). The molecule has 1 N–H and O–H groups in total. The lowest BCUT2D eigenvalue weighted by molar-refractivity contribution is 0.102. The maximum Gasteiger partial charge on any atom is 0.256 e. The van der Waals surface area contributed by atoms with Gasteiger partial charge in [0.2, 0.25) is 0 Å². The zero-order valence-corrected chi connectivity index (χ0v) is 13.6. The molecule has 7 heteroatoms. The summed E-state index contributed by atoms with van der Waals surface area (Å²) in [6.45, 7) is 0. The third-order valence-electron chi connectivity index (χ3n) is 2.43. The van der Waals surface area contributed by atoms with Crippen molar-refractivity contribution in [2.45, 2.75) is 0 Å². The van der Waals surface area contributed by atoms with Crippen molar-refractivity contribution in [3.8, 4) is 0 Å². The molecule has 104 valence electrons. The number of benzene rings is 2. The molecular formula is C13H6Br2ClF2NO. The van der Waals surface area contributed by atoms with Gasteiger partial charge in [-0.1, -0.05) is 11.6 Å². The van der Waals surface area contributed by atoms with Crippen molar-refractivity contribution in [3.63, 3.8) is 0 Å². The predicted octanol–water partition coefficient (Wildman–Crippen LogP) is 5.40. The van der Waals surface area contributed by atoms with Crippen molar-refractivity contribution in [1.29, 1.82) is 0 Å². The molecule has 0 saturated carbocycles. The summed E-state index contributed by atoms with van der Waals surface area (Å²) in [7, 11) is 0. The second-order valence-electron chi connectivity index (χ2n) is 3.82. The number of nitrogens with one attached hydrogen (secondary N) is 1. The second-order valence-corrected chi connectivity index (χ2v) is 5.97. The van der Waals surface area contributed by atoms with Crippen molar-refractivity contribution >= 4 is 55.1 Å². The number of carbonyl (C=O) groups excluding carboxylic acids is 1. The molecular weight excluding hydrogens is 419 g/mol. The summed E-state index contributed by atoms with van der Waals surface area (Å²) in [5.74, 6) is -2.17. The summed E-state index contributed by atoms with van der Waals surface area (Å²) in [5, 5.41) is 2.74. The van der Waals surface area contributed by atoms with E-state index in [9.17, 15) is 13.6 Å². The molecule has 0 unspecified atom stereocenters. The number of anilines is 1. The van der Waals surface area contributed by atoms with Crippen molar-refractivity contribution < 1.29 is 13.6 Å². The largest absolute Gasteiger partial charge is 0.319 e. The Balaban J connectivity index is 2.32. The van der Waals surface area contributed by atoms with E-state index in [-0.39, 0.29) is 15.7 Å². The first-order valence-corrected chi connectivity index (χ1v) is 7.26. The fraction of sp³-hybridized carbons (Fsp3) is 0. The van der Waals surface area contributed by atoms with E-state index in [4.69, 9.17) is 11.6 Å². The molecule has 2 aromatic carbocycles. The first kappa shape index (κ1) is 15.4. The van der Waals surface area contributed by atoms with Gasteiger partial charge in [0.1, 0.15) is 11.6 Å². The molecule has 0 aliphatic rings. The number of halogens is 5. The van der Waals surface area contributed by atoms with Gasteiger partial charge in [-0.3, -0.25) is 4.79 Å². The summed E-state index contributed by atoms with van der Waals surface area (Å²) < 4.78 is 27.3. The van der Waals surface area contributed by atoms with Gasteiger partial charge >= 0.3 is 0 Å². The average molecular weight is 425 g/mol. The van der Waals surface area contributed by atoms with Gasteiger partial charge in [0.25, 0.3) is 5.91 Å². The molecule has 2 rings (SSSR count). The van der Waals surface area contributed by atoms with E-state index < -0.39 is 17.5 Å². The van der Waals surface area contributed by atoms with E-state index in [2.05, 4.69) is 37.2 Å². The van der Waals surface area contributed by atoms with Gasteiger partial charge in [0.15, 0.2) is 0 Å². The molecule has 0 saturated heterocycles. The number of hydrogen-bond donors (Lipinski definition) is 1. The average Bonchev–Trinajstić information content (AvgIpc) is 2.38. The van der Waals surface area contributed by atoms with Gasteiger partial charge in [-0.05, 0) is 56.1 Å². The Morgan fingerprint density at radius 1 is 1.05 bits per heavy atom. The molecule has 0 heterocycles. The summed E-state index contributed by atoms with van der Waals surface area (Å²) in [4.78, 5) is 12.1. The first-order valence-electron chi connectivity index (χ1n) is 5.29. The zero-order chi connectivity index (χ0) is 14.9. The molecule has 0 aliphatic heterocycles. The monoisotopic (exact) mass is 423 g/mol. The van der Waals surface area contributed by atoms with Crippen LogP contribution in [0.2, 0.25) is 5.02 Å². The van der Waals surface area contributed by atoms with Gasteiger partial charge in [-0.15, -0.1) is 0 Å².